The molecule has 5 atom stereocenters. The molecule has 16 heteroatoms. The van der Waals surface area contributed by atoms with Gasteiger partial charge in [-0.2, -0.15) is 16.8 Å². The predicted octanol–water partition coefficient (Wildman–Crippen LogP) is 1.80. The molecule has 0 bridgehead atoms. The van der Waals surface area contributed by atoms with E-state index in [1.165, 1.54) is 55.0 Å². The first-order chi connectivity index (χ1) is 21.8. The minimum Gasteiger partial charge on any atom is -0.342 e. The van der Waals surface area contributed by atoms with Gasteiger partial charge >= 0.3 is 0 Å². The molecule has 0 spiro atoms. The van der Waals surface area contributed by atoms with Gasteiger partial charge in [0.05, 0.1) is 12.0 Å². The highest BCUT2D eigenvalue weighted by Gasteiger charge is 2.53. The number of thioether (sulfide) groups is 1. The van der Waals surface area contributed by atoms with Crippen LogP contribution in [-0.4, -0.2) is 99.5 Å². The van der Waals surface area contributed by atoms with Crippen molar-refractivity contribution in [1.29, 1.82) is 0 Å². The summed E-state index contributed by atoms with van der Waals surface area (Å²) in [6.07, 6.45) is 3.23. The number of non-ortho nitro benzene ring substituents is 1. The van der Waals surface area contributed by atoms with Crippen molar-refractivity contribution in [3.8, 4) is 0 Å². The van der Waals surface area contributed by atoms with Crippen LogP contribution in [0.15, 0.2) is 24.3 Å². The standard InChI is InChI=1S/C30H42N6O9S/c1-6-18(2)25(33-29(42)30(3)23(37)13-14-24(38)35(30)45-4)28(41)34-16-7-8-22(34)27(40)32-21(15-17-46-5)26(39)31-19-9-11-20(12-10-19)36(43)44/h9-12,18,21-22,25H,6-8,13-17H2,1-5H3,(H,31,39)(H,32,40)(H,33,42)/t18-,21-,22-,25-,30+/m0/s1. The number of piperidine rings is 1. The summed E-state index contributed by atoms with van der Waals surface area (Å²) in [5, 5.41) is 19.8. The lowest BCUT2D eigenvalue weighted by Gasteiger charge is -2.41. The third-order valence-electron chi connectivity index (χ3n) is 8.56. The number of amides is 5. The minimum atomic E-state index is -1.97. The van der Waals surface area contributed by atoms with Gasteiger partial charge in [0.1, 0.15) is 18.1 Å². The van der Waals surface area contributed by atoms with Gasteiger partial charge in [-0.25, -0.2) is 0 Å². The zero-order valence-electron chi connectivity index (χ0n) is 26.7. The molecule has 2 aliphatic heterocycles. The van der Waals surface area contributed by atoms with E-state index in [9.17, 15) is 38.9 Å². The molecule has 1 aromatic carbocycles. The Morgan fingerprint density at radius 3 is 2.41 bits per heavy atom. The number of hydrogen-bond acceptors (Lipinski definition) is 10. The van der Waals surface area contributed by atoms with Gasteiger partial charge in [-0.15, -0.1) is 0 Å². The van der Waals surface area contributed by atoms with Crippen molar-refractivity contribution in [2.75, 3.05) is 31.0 Å². The first kappa shape index (κ1) is 36.4. The number of nitro benzene ring substituents is 1. The van der Waals surface area contributed by atoms with Crippen molar-refractivity contribution in [3.63, 3.8) is 0 Å². The molecule has 46 heavy (non-hydrogen) atoms. The van der Waals surface area contributed by atoms with E-state index in [0.29, 0.717) is 37.1 Å². The van der Waals surface area contributed by atoms with Gasteiger partial charge in [-0.1, -0.05) is 20.3 Å². The van der Waals surface area contributed by atoms with Gasteiger partial charge in [-0.05, 0) is 56.2 Å². The van der Waals surface area contributed by atoms with Crippen LogP contribution in [0.3, 0.4) is 0 Å². The number of hydroxylamine groups is 2. The summed E-state index contributed by atoms with van der Waals surface area (Å²) in [4.78, 5) is 96.6. The topological polar surface area (TPSA) is 197 Å². The third-order valence-corrected chi connectivity index (χ3v) is 9.20. The molecule has 0 aliphatic carbocycles. The van der Waals surface area contributed by atoms with Crippen LogP contribution in [0.5, 0.6) is 0 Å². The van der Waals surface area contributed by atoms with Crippen LogP contribution in [0.1, 0.15) is 59.3 Å². The summed E-state index contributed by atoms with van der Waals surface area (Å²) in [5.74, 6) is -3.32. The molecule has 2 heterocycles. The Bertz CT molecular complexity index is 1340. The predicted molar refractivity (Wildman–Crippen MR) is 169 cm³/mol. The number of anilines is 1. The Kier molecular flexibility index (Phi) is 12.7. The monoisotopic (exact) mass is 662 g/mol. The highest BCUT2D eigenvalue weighted by molar-refractivity contribution is 7.98. The van der Waals surface area contributed by atoms with Gasteiger partial charge in [0.2, 0.25) is 29.2 Å². The summed E-state index contributed by atoms with van der Waals surface area (Å²) >= 11 is 1.48. The number of hydrogen-bond donors (Lipinski definition) is 3. The lowest BCUT2D eigenvalue weighted by molar-refractivity contribution is -0.384. The number of rotatable bonds is 14. The first-order valence-electron chi connectivity index (χ1n) is 15.2. The number of Topliss-reactive ketones (excluding diaryl/α,β-unsaturated/α-hetero) is 1. The fourth-order valence-corrected chi connectivity index (χ4v) is 6.02. The number of carbonyl (C=O) groups excluding carboxylic acids is 6. The van der Waals surface area contributed by atoms with Gasteiger partial charge in [-0.3, -0.25) is 43.7 Å². The summed E-state index contributed by atoms with van der Waals surface area (Å²) in [6, 6.07) is 2.34. The van der Waals surface area contributed by atoms with E-state index < -0.39 is 69.8 Å². The Hall–Kier alpha value is -4.05. The summed E-state index contributed by atoms with van der Waals surface area (Å²) < 4.78 is 0. The zero-order valence-corrected chi connectivity index (χ0v) is 27.5. The highest BCUT2D eigenvalue weighted by atomic mass is 32.2. The number of benzene rings is 1. The fraction of sp³-hybridized carbons (Fsp3) is 0.600. The summed E-state index contributed by atoms with van der Waals surface area (Å²) in [7, 11) is 1.19. The molecule has 0 saturated carbocycles. The number of nitrogens with zero attached hydrogens (tertiary/aromatic N) is 3. The minimum absolute atomic E-state index is 0.0995. The van der Waals surface area contributed by atoms with Crippen LogP contribution in [-0.2, 0) is 33.6 Å². The molecule has 5 amide bonds. The molecule has 0 aromatic heterocycles. The van der Waals surface area contributed by atoms with E-state index in [1.54, 1.807) is 6.92 Å². The third kappa shape index (κ3) is 8.02. The largest absolute Gasteiger partial charge is 0.342 e. The second-order valence-electron chi connectivity index (χ2n) is 11.5. The molecular formula is C30H42N6O9S. The molecule has 1 aromatic rings. The van der Waals surface area contributed by atoms with Crippen molar-refractivity contribution in [2.45, 2.75) is 83.0 Å². The Morgan fingerprint density at radius 2 is 1.83 bits per heavy atom. The molecule has 2 saturated heterocycles. The maximum atomic E-state index is 14.0. The first-order valence-corrected chi connectivity index (χ1v) is 16.6. The van der Waals surface area contributed by atoms with Gasteiger partial charge in [0.15, 0.2) is 5.78 Å². The van der Waals surface area contributed by atoms with Crippen LogP contribution in [0.25, 0.3) is 0 Å². The molecule has 3 N–H and O–H groups in total. The maximum Gasteiger partial charge on any atom is 0.269 e. The second kappa shape index (κ2) is 16.0. The normalized spacial score (nSPS) is 21.7. The molecule has 0 unspecified atom stereocenters. The van der Waals surface area contributed by atoms with Gasteiger partial charge in [0.25, 0.3) is 11.6 Å². The van der Waals surface area contributed by atoms with E-state index in [2.05, 4.69) is 16.0 Å². The highest BCUT2D eigenvalue weighted by Crippen LogP contribution is 2.28. The average molecular weight is 663 g/mol. The fourth-order valence-electron chi connectivity index (χ4n) is 5.55. The maximum absolute atomic E-state index is 14.0. The van der Waals surface area contributed by atoms with Crippen molar-refractivity contribution >= 4 is 58.5 Å². The van der Waals surface area contributed by atoms with Gasteiger partial charge in [0, 0.05) is 37.2 Å². The number of likely N-dealkylation sites (tertiary alicyclic amines) is 1. The smallest absolute Gasteiger partial charge is 0.269 e. The molecule has 2 fully saturated rings. The van der Waals surface area contributed by atoms with Crippen molar-refractivity contribution in [3.05, 3.63) is 34.4 Å². The van der Waals surface area contributed by atoms with Crippen LogP contribution in [0, 0.1) is 16.0 Å². The Balaban J connectivity index is 1.78. The number of nitrogens with one attached hydrogen (secondary N) is 3. The van der Waals surface area contributed by atoms with Crippen LogP contribution < -0.4 is 16.0 Å². The van der Waals surface area contributed by atoms with Crippen molar-refractivity contribution in [1.82, 2.24) is 20.6 Å². The summed E-state index contributed by atoms with van der Waals surface area (Å²) in [6.45, 7) is 5.12. The van der Waals surface area contributed by atoms with E-state index in [-0.39, 0.29) is 25.1 Å². The second-order valence-corrected chi connectivity index (χ2v) is 12.5. The average Bonchev–Trinajstić information content (AvgIpc) is 3.53. The molecule has 2 aliphatic rings. The van der Waals surface area contributed by atoms with E-state index >= 15 is 0 Å². The van der Waals surface area contributed by atoms with E-state index in [0.717, 1.165) is 5.06 Å². The molecular weight excluding hydrogens is 620 g/mol. The number of carbonyl (C=O) groups is 6. The Morgan fingerprint density at radius 1 is 1.15 bits per heavy atom. The van der Waals surface area contributed by atoms with Crippen molar-refractivity contribution < 1.29 is 38.5 Å². The SMILES string of the molecule is CC[C@H](C)[C@H](NC(=O)[C@@]1(C)C(=O)CCC(=O)N1OC)C(=O)N1CCC[C@H]1C(=O)N[C@@H](CCSC)C(=O)Nc1ccc([N+](=O)[O-])cc1. The lowest BCUT2D eigenvalue weighted by Crippen LogP contribution is -2.68. The lowest BCUT2D eigenvalue weighted by atomic mass is 9.86. The molecule has 15 nitrogen and oxygen atoms in total. The quantitative estimate of drug-likeness (QED) is 0.150. The van der Waals surface area contributed by atoms with Crippen LogP contribution in [0.2, 0.25) is 0 Å². The Labute approximate surface area is 271 Å². The number of nitro groups is 1. The van der Waals surface area contributed by atoms with E-state index in [1.807, 2.05) is 13.2 Å². The van der Waals surface area contributed by atoms with Crippen LogP contribution in [0.4, 0.5) is 11.4 Å². The molecule has 252 valence electrons. The summed E-state index contributed by atoms with van der Waals surface area (Å²) in [5.41, 5.74) is -1.78. The molecule has 0 radical (unpaired) electrons. The zero-order chi connectivity index (χ0) is 34.2. The van der Waals surface area contributed by atoms with Crippen LogP contribution >= 0.6 is 11.8 Å². The van der Waals surface area contributed by atoms with Gasteiger partial charge < -0.3 is 20.9 Å². The van der Waals surface area contributed by atoms with Crippen molar-refractivity contribution in [2.24, 2.45) is 5.92 Å². The van der Waals surface area contributed by atoms with E-state index in [4.69, 9.17) is 4.84 Å². The number of ketones is 1. The molecule has 3 rings (SSSR count).